The van der Waals surface area contributed by atoms with E-state index >= 15 is 0 Å². The van der Waals surface area contributed by atoms with E-state index in [-0.39, 0.29) is 10.7 Å². The maximum Gasteiger partial charge on any atom is 0.271 e. The van der Waals surface area contributed by atoms with Crippen molar-refractivity contribution in [2.45, 2.75) is 6.54 Å². The number of nitro benzene ring substituents is 1. The SMILES string of the molecule is CNCc1ccc(Oc2ccc([N+](=O)[O-])cc2Cl)c(Br)c1. The summed E-state index contributed by atoms with van der Waals surface area (Å²) in [5, 5.41) is 13.9. The number of nitro groups is 1. The minimum Gasteiger partial charge on any atom is -0.455 e. The van der Waals surface area contributed by atoms with Gasteiger partial charge in [-0.05, 0) is 46.7 Å². The zero-order chi connectivity index (χ0) is 15.4. The van der Waals surface area contributed by atoms with Gasteiger partial charge in [-0.2, -0.15) is 0 Å². The van der Waals surface area contributed by atoms with E-state index in [0.29, 0.717) is 11.5 Å². The average molecular weight is 372 g/mol. The molecule has 7 heteroatoms. The molecule has 1 N–H and O–H groups in total. The Morgan fingerprint density at radius 3 is 2.57 bits per heavy atom. The van der Waals surface area contributed by atoms with Crippen molar-refractivity contribution in [2.75, 3.05) is 7.05 Å². The summed E-state index contributed by atoms with van der Waals surface area (Å²) in [6, 6.07) is 9.77. The summed E-state index contributed by atoms with van der Waals surface area (Å²) in [6.07, 6.45) is 0. The molecule has 0 atom stereocenters. The molecule has 110 valence electrons. The smallest absolute Gasteiger partial charge is 0.271 e. The van der Waals surface area contributed by atoms with Gasteiger partial charge in [0, 0.05) is 18.7 Å². The van der Waals surface area contributed by atoms with Gasteiger partial charge in [-0.3, -0.25) is 10.1 Å². The standard InChI is InChI=1S/C14H12BrClN2O3/c1-17-8-9-2-4-13(11(15)6-9)21-14-5-3-10(18(19)20)7-12(14)16/h2-7,17H,8H2,1H3. The summed E-state index contributed by atoms with van der Waals surface area (Å²) in [7, 11) is 1.87. The van der Waals surface area contributed by atoms with Gasteiger partial charge in [0.25, 0.3) is 5.69 Å². The number of halogens is 2. The molecule has 21 heavy (non-hydrogen) atoms. The number of ether oxygens (including phenoxy) is 1. The van der Waals surface area contributed by atoms with Crippen LogP contribution in [0.3, 0.4) is 0 Å². The summed E-state index contributed by atoms with van der Waals surface area (Å²) in [5.41, 5.74) is 1.03. The minimum atomic E-state index is -0.502. The normalized spacial score (nSPS) is 10.4. The van der Waals surface area contributed by atoms with Crippen LogP contribution in [0.5, 0.6) is 11.5 Å². The summed E-state index contributed by atoms with van der Waals surface area (Å²) in [4.78, 5) is 10.2. The molecule has 0 bridgehead atoms. The molecular weight excluding hydrogens is 360 g/mol. The van der Waals surface area contributed by atoms with Gasteiger partial charge in [-0.15, -0.1) is 0 Å². The van der Waals surface area contributed by atoms with Gasteiger partial charge in [0.15, 0.2) is 0 Å². The van der Waals surface area contributed by atoms with Crippen molar-refractivity contribution in [2.24, 2.45) is 0 Å². The summed E-state index contributed by atoms with van der Waals surface area (Å²) < 4.78 is 6.47. The predicted octanol–water partition coefficient (Wildman–Crippen LogP) is 4.52. The quantitative estimate of drug-likeness (QED) is 0.620. The number of non-ortho nitro benzene ring substituents is 1. The van der Waals surface area contributed by atoms with Gasteiger partial charge in [-0.25, -0.2) is 0 Å². The molecule has 0 heterocycles. The highest BCUT2D eigenvalue weighted by atomic mass is 79.9. The number of rotatable bonds is 5. The molecule has 2 rings (SSSR count). The molecule has 0 aliphatic heterocycles. The molecule has 0 aromatic heterocycles. The molecule has 0 amide bonds. The number of hydrogen-bond donors (Lipinski definition) is 1. The molecule has 0 spiro atoms. The monoisotopic (exact) mass is 370 g/mol. The van der Waals surface area contributed by atoms with Gasteiger partial charge < -0.3 is 10.1 Å². The molecule has 0 unspecified atom stereocenters. The second-order valence-electron chi connectivity index (χ2n) is 4.27. The molecule has 0 saturated heterocycles. The Morgan fingerprint density at radius 2 is 2.00 bits per heavy atom. The van der Waals surface area contributed by atoms with Gasteiger partial charge >= 0.3 is 0 Å². The van der Waals surface area contributed by atoms with Gasteiger partial charge in [-0.1, -0.05) is 17.7 Å². The van der Waals surface area contributed by atoms with Crippen LogP contribution in [0.4, 0.5) is 5.69 Å². The molecule has 2 aromatic rings. The second kappa shape index (κ2) is 6.89. The van der Waals surface area contributed by atoms with Crippen molar-refractivity contribution in [1.29, 1.82) is 0 Å². The van der Waals surface area contributed by atoms with E-state index in [4.69, 9.17) is 16.3 Å². The lowest BCUT2D eigenvalue weighted by Crippen LogP contribution is -2.04. The van der Waals surface area contributed by atoms with Crippen LogP contribution in [0, 0.1) is 10.1 Å². The van der Waals surface area contributed by atoms with Crippen molar-refractivity contribution in [1.82, 2.24) is 5.32 Å². The molecular formula is C14H12BrClN2O3. The summed E-state index contributed by atoms with van der Waals surface area (Å²) >= 11 is 9.43. The maximum atomic E-state index is 10.7. The summed E-state index contributed by atoms with van der Waals surface area (Å²) in [6.45, 7) is 0.747. The fraction of sp³-hybridized carbons (Fsp3) is 0.143. The largest absolute Gasteiger partial charge is 0.455 e. The Labute approximate surface area is 135 Å². The lowest BCUT2D eigenvalue weighted by atomic mass is 10.2. The van der Waals surface area contributed by atoms with Crippen molar-refractivity contribution in [3.8, 4) is 11.5 Å². The highest BCUT2D eigenvalue weighted by molar-refractivity contribution is 9.10. The van der Waals surface area contributed by atoms with Crippen molar-refractivity contribution < 1.29 is 9.66 Å². The van der Waals surface area contributed by atoms with Gasteiger partial charge in [0.2, 0.25) is 0 Å². The zero-order valence-corrected chi connectivity index (χ0v) is 13.4. The van der Waals surface area contributed by atoms with Crippen LogP contribution in [0.25, 0.3) is 0 Å². The number of hydrogen-bond acceptors (Lipinski definition) is 4. The molecule has 0 fully saturated rings. The zero-order valence-electron chi connectivity index (χ0n) is 11.1. The lowest BCUT2D eigenvalue weighted by molar-refractivity contribution is -0.384. The highest BCUT2D eigenvalue weighted by Crippen LogP contribution is 2.35. The van der Waals surface area contributed by atoms with Crippen LogP contribution in [-0.4, -0.2) is 12.0 Å². The maximum absolute atomic E-state index is 10.7. The van der Waals surface area contributed by atoms with Gasteiger partial charge in [0.1, 0.15) is 11.5 Å². The van der Waals surface area contributed by atoms with Crippen LogP contribution < -0.4 is 10.1 Å². The molecule has 0 aliphatic carbocycles. The Balaban J connectivity index is 2.24. The van der Waals surface area contributed by atoms with E-state index < -0.39 is 4.92 Å². The Kier molecular flexibility index (Phi) is 5.17. The third-order valence-corrected chi connectivity index (χ3v) is 3.64. The van der Waals surface area contributed by atoms with Crippen LogP contribution in [0.1, 0.15) is 5.56 Å². The van der Waals surface area contributed by atoms with Crippen LogP contribution in [0.15, 0.2) is 40.9 Å². The first-order valence-electron chi connectivity index (χ1n) is 6.06. The molecule has 5 nitrogen and oxygen atoms in total. The first-order chi connectivity index (χ1) is 10.0. The molecule has 2 aromatic carbocycles. The van der Waals surface area contributed by atoms with Crippen LogP contribution in [-0.2, 0) is 6.54 Å². The van der Waals surface area contributed by atoms with E-state index in [1.54, 1.807) is 0 Å². The number of nitrogens with one attached hydrogen (secondary N) is 1. The first kappa shape index (κ1) is 15.8. The fourth-order valence-corrected chi connectivity index (χ4v) is 2.47. The fourth-order valence-electron chi connectivity index (χ4n) is 1.75. The predicted molar refractivity (Wildman–Crippen MR) is 85.1 cm³/mol. The minimum absolute atomic E-state index is 0.0733. The molecule has 0 aliphatic rings. The molecule has 0 saturated carbocycles. The van der Waals surface area contributed by atoms with E-state index in [0.717, 1.165) is 16.6 Å². The second-order valence-corrected chi connectivity index (χ2v) is 5.53. The number of nitrogens with zero attached hydrogens (tertiary/aromatic N) is 1. The Morgan fingerprint density at radius 1 is 1.29 bits per heavy atom. The van der Waals surface area contributed by atoms with E-state index in [9.17, 15) is 10.1 Å². The van der Waals surface area contributed by atoms with E-state index in [1.807, 2.05) is 25.2 Å². The van der Waals surface area contributed by atoms with E-state index in [2.05, 4.69) is 21.2 Å². The van der Waals surface area contributed by atoms with Crippen LogP contribution >= 0.6 is 27.5 Å². The third kappa shape index (κ3) is 3.93. The van der Waals surface area contributed by atoms with Gasteiger partial charge in [0.05, 0.1) is 14.4 Å². The first-order valence-corrected chi connectivity index (χ1v) is 7.23. The summed E-state index contributed by atoms with van der Waals surface area (Å²) in [5.74, 6) is 0.954. The average Bonchev–Trinajstić information content (AvgIpc) is 2.43. The van der Waals surface area contributed by atoms with Crippen molar-refractivity contribution in [3.05, 3.63) is 61.6 Å². The Bertz CT molecular complexity index is 679. The third-order valence-electron chi connectivity index (χ3n) is 2.72. The van der Waals surface area contributed by atoms with Crippen molar-refractivity contribution in [3.63, 3.8) is 0 Å². The number of benzene rings is 2. The van der Waals surface area contributed by atoms with E-state index in [1.165, 1.54) is 18.2 Å². The van der Waals surface area contributed by atoms with Crippen LogP contribution in [0.2, 0.25) is 5.02 Å². The lowest BCUT2D eigenvalue weighted by Gasteiger charge is -2.10. The van der Waals surface area contributed by atoms with Crippen molar-refractivity contribution >= 4 is 33.2 Å². The topological polar surface area (TPSA) is 64.4 Å². The Hall–Kier alpha value is -1.63. The highest BCUT2D eigenvalue weighted by Gasteiger charge is 2.12. The molecule has 0 radical (unpaired) electrons.